The first-order chi connectivity index (χ1) is 11.1. The van der Waals surface area contributed by atoms with Crippen LogP contribution in [0.15, 0.2) is 24.3 Å². The van der Waals surface area contributed by atoms with Gasteiger partial charge in [0.1, 0.15) is 0 Å². The molecule has 0 aliphatic carbocycles. The average Bonchev–Trinajstić information content (AvgIpc) is 3.00. The Morgan fingerprint density at radius 3 is 1.92 bits per heavy atom. The molecule has 5 heteroatoms. The molecular weight excluding hydrogens is 353 g/mol. The van der Waals surface area contributed by atoms with Gasteiger partial charge in [-0.2, -0.15) is 0 Å². The summed E-state index contributed by atoms with van der Waals surface area (Å²) in [5, 5.41) is 4.80. The number of fused-ring (bicyclic) bond motifs is 1. The van der Waals surface area contributed by atoms with Crippen molar-refractivity contribution in [3.8, 4) is 0 Å². The molecule has 4 unspecified atom stereocenters. The van der Waals surface area contributed by atoms with E-state index in [1.54, 1.807) is 11.3 Å². The van der Waals surface area contributed by atoms with E-state index in [-0.39, 0.29) is 18.6 Å². The van der Waals surface area contributed by atoms with Gasteiger partial charge < -0.3 is 10.2 Å². The van der Waals surface area contributed by atoms with Crippen LogP contribution in [0.1, 0.15) is 55.4 Å². The van der Waals surface area contributed by atoms with Crippen LogP contribution in [0.5, 0.6) is 0 Å². The van der Waals surface area contributed by atoms with Crippen molar-refractivity contribution in [2.45, 2.75) is 79.6 Å². The third-order valence-electron chi connectivity index (χ3n) is 4.35. The molecule has 135 valence electrons. The molecule has 1 aromatic carbocycles. The molecule has 4 atom stereocenters. The van der Waals surface area contributed by atoms with Crippen LogP contribution in [-0.2, 0) is 18.6 Å². The minimum absolute atomic E-state index is 0. The number of nitrogens with one attached hydrogen (secondary N) is 1. The van der Waals surface area contributed by atoms with Crippen molar-refractivity contribution < 1.29 is 18.6 Å². The van der Waals surface area contributed by atoms with Crippen molar-refractivity contribution >= 4 is 26.7 Å². The third-order valence-corrected chi connectivity index (χ3v) is 5.40. The smallest absolute Gasteiger partial charge is 0.187 e. The first-order valence-corrected chi connectivity index (χ1v) is 9.79. The molecule has 0 spiro atoms. The van der Waals surface area contributed by atoms with E-state index >= 15 is 0 Å². The van der Waals surface area contributed by atoms with Crippen molar-refractivity contribution in [1.82, 2.24) is 10.3 Å². The topological polar surface area (TPSA) is 28.2 Å². The normalized spacial score (nSPS) is 25.8. The number of para-hydroxylation sites is 1. The third kappa shape index (κ3) is 4.98. The van der Waals surface area contributed by atoms with Gasteiger partial charge in [-0.3, -0.25) is 0 Å². The molecule has 1 aliphatic rings. The number of thiazole rings is 1. The Morgan fingerprint density at radius 2 is 1.42 bits per heavy atom. The number of aromatic nitrogens is 1. The van der Waals surface area contributed by atoms with E-state index in [4.69, 9.17) is 4.98 Å². The van der Waals surface area contributed by atoms with Gasteiger partial charge in [-0.25, -0.2) is 4.98 Å². The Hall–Kier alpha value is -0.546. The zero-order valence-corrected chi connectivity index (χ0v) is 18.6. The first kappa shape index (κ1) is 23.5. The monoisotopic (exact) mass is 386 g/mol. The summed E-state index contributed by atoms with van der Waals surface area (Å²) in [4.78, 5) is 7.31. The van der Waals surface area contributed by atoms with E-state index in [1.807, 2.05) is 27.7 Å². The predicted molar refractivity (Wildman–Crippen MR) is 106 cm³/mol. The van der Waals surface area contributed by atoms with Crippen LogP contribution in [0.4, 0.5) is 5.13 Å². The van der Waals surface area contributed by atoms with Gasteiger partial charge in [-0.1, -0.05) is 51.2 Å². The zero-order chi connectivity index (χ0) is 17.6. The molecule has 0 bridgehead atoms. The Balaban J connectivity index is 0.000000987. The largest absolute Gasteiger partial charge is 0.340 e. The maximum Gasteiger partial charge on any atom is 0.187 e. The standard InChI is InChI=1S/C15H21N3S.2C2H6.V/c1-9-11(3)18(12(4)10(2)16-9)15-17-13-7-5-6-8-14(13)19-15;2*1-2;/h5-12,16H,1-4H3;2*1-2H3;. The molecule has 1 radical (unpaired) electrons. The molecule has 0 saturated carbocycles. The van der Waals surface area contributed by atoms with E-state index < -0.39 is 0 Å². The van der Waals surface area contributed by atoms with Gasteiger partial charge in [0.2, 0.25) is 0 Å². The van der Waals surface area contributed by atoms with Gasteiger partial charge in [0.15, 0.2) is 5.13 Å². The molecule has 1 aromatic heterocycles. The minimum Gasteiger partial charge on any atom is -0.340 e. The SMILES string of the molecule is CC.CC.CC1NC(C)C(C)N(c2nc3ccccc3s2)C1C.[V]. The molecular formula is C19H33N3SV. The molecule has 2 aromatic rings. The molecule has 3 nitrogen and oxygen atoms in total. The minimum atomic E-state index is 0. The molecule has 3 rings (SSSR count). The van der Waals surface area contributed by atoms with E-state index in [0.717, 1.165) is 10.6 Å². The number of hydrogen-bond acceptors (Lipinski definition) is 4. The van der Waals surface area contributed by atoms with Crippen molar-refractivity contribution in [1.29, 1.82) is 0 Å². The van der Waals surface area contributed by atoms with Crippen molar-refractivity contribution in [2.24, 2.45) is 0 Å². The van der Waals surface area contributed by atoms with E-state index in [2.05, 4.69) is 62.2 Å². The predicted octanol–water partition coefficient (Wildman–Crippen LogP) is 5.31. The van der Waals surface area contributed by atoms with Gasteiger partial charge in [-0.05, 0) is 39.8 Å². The van der Waals surface area contributed by atoms with Gasteiger partial charge >= 0.3 is 0 Å². The van der Waals surface area contributed by atoms with Gasteiger partial charge in [0.25, 0.3) is 0 Å². The summed E-state index contributed by atoms with van der Waals surface area (Å²) in [6.45, 7) is 17.1. The summed E-state index contributed by atoms with van der Waals surface area (Å²) >= 11 is 1.80. The molecule has 1 N–H and O–H groups in total. The Morgan fingerprint density at radius 1 is 0.917 bits per heavy atom. The van der Waals surface area contributed by atoms with Crippen molar-refractivity contribution in [2.75, 3.05) is 4.90 Å². The fourth-order valence-corrected chi connectivity index (χ4v) is 4.01. The van der Waals surface area contributed by atoms with Crippen LogP contribution in [0.25, 0.3) is 10.2 Å². The summed E-state index contributed by atoms with van der Waals surface area (Å²) in [7, 11) is 0. The number of benzene rings is 1. The summed E-state index contributed by atoms with van der Waals surface area (Å²) < 4.78 is 1.27. The Kier molecular flexibility index (Phi) is 10.9. The Labute approximate surface area is 164 Å². The molecule has 24 heavy (non-hydrogen) atoms. The summed E-state index contributed by atoms with van der Waals surface area (Å²) in [5.41, 5.74) is 1.11. The fraction of sp³-hybridized carbons (Fsp3) is 0.632. The first-order valence-electron chi connectivity index (χ1n) is 8.98. The molecule has 1 aliphatic heterocycles. The summed E-state index contributed by atoms with van der Waals surface area (Å²) in [5.74, 6) is 0. The van der Waals surface area contributed by atoms with Gasteiger partial charge in [-0.15, -0.1) is 0 Å². The van der Waals surface area contributed by atoms with E-state index in [0.29, 0.717) is 24.2 Å². The van der Waals surface area contributed by atoms with Crippen LogP contribution < -0.4 is 10.2 Å². The second kappa shape index (κ2) is 11.1. The van der Waals surface area contributed by atoms with Crippen LogP contribution >= 0.6 is 11.3 Å². The van der Waals surface area contributed by atoms with Crippen LogP contribution in [0, 0.1) is 0 Å². The number of piperazine rings is 1. The fourth-order valence-electron chi connectivity index (χ4n) is 2.86. The summed E-state index contributed by atoms with van der Waals surface area (Å²) in [6.07, 6.45) is 0. The van der Waals surface area contributed by atoms with Crippen molar-refractivity contribution in [3.63, 3.8) is 0 Å². The summed E-state index contributed by atoms with van der Waals surface area (Å²) in [6, 6.07) is 10.3. The zero-order valence-electron chi connectivity index (χ0n) is 16.4. The second-order valence-electron chi connectivity index (χ2n) is 5.60. The molecule has 1 saturated heterocycles. The average molecular weight is 387 g/mol. The number of nitrogens with zero attached hydrogens (tertiary/aromatic N) is 2. The van der Waals surface area contributed by atoms with Crippen LogP contribution in [0.3, 0.4) is 0 Å². The van der Waals surface area contributed by atoms with Crippen LogP contribution in [-0.4, -0.2) is 29.2 Å². The quantitative estimate of drug-likeness (QED) is 0.720. The van der Waals surface area contributed by atoms with E-state index in [9.17, 15) is 0 Å². The van der Waals surface area contributed by atoms with Gasteiger partial charge in [0, 0.05) is 42.7 Å². The number of rotatable bonds is 1. The maximum atomic E-state index is 4.82. The molecule has 0 amide bonds. The van der Waals surface area contributed by atoms with Gasteiger partial charge in [0.05, 0.1) is 10.2 Å². The van der Waals surface area contributed by atoms with Crippen LogP contribution in [0.2, 0.25) is 0 Å². The maximum absolute atomic E-state index is 4.82. The Bertz CT molecular complexity index is 540. The van der Waals surface area contributed by atoms with E-state index in [1.165, 1.54) is 4.70 Å². The molecule has 2 heterocycles. The second-order valence-corrected chi connectivity index (χ2v) is 6.61. The number of anilines is 1. The number of hydrogen-bond donors (Lipinski definition) is 1. The molecule has 1 fully saturated rings. The van der Waals surface area contributed by atoms with Crippen molar-refractivity contribution in [3.05, 3.63) is 24.3 Å².